The molecule has 8 nitrogen and oxygen atoms in total. The minimum Gasteiger partial charge on any atom is -0.341 e. The van der Waals surface area contributed by atoms with Crippen LogP contribution in [0.3, 0.4) is 0 Å². The van der Waals surface area contributed by atoms with E-state index in [0.29, 0.717) is 30.4 Å². The van der Waals surface area contributed by atoms with Crippen molar-refractivity contribution in [2.24, 2.45) is 0 Å². The Morgan fingerprint density at radius 2 is 1.91 bits per heavy atom. The Labute approximate surface area is 139 Å². The van der Waals surface area contributed by atoms with Gasteiger partial charge in [0.25, 0.3) is 10.0 Å². The van der Waals surface area contributed by atoms with Gasteiger partial charge in [0.15, 0.2) is 0 Å². The number of imide groups is 1. The highest BCUT2D eigenvalue weighted by Crippen LogP contribution is 2.22. The highest BCUT2D eigenvalue weighted by Gasteiger charge is 2.32. The largest absolute Gasteiger partial charge is 0.341 e. The van der Waals surface area contributed by atoms with Gasteiger partial charge in [-0.2, -0.15) is 4.31 Å². The van der Waals surface area contributed by atoms with E-state index >= 15 is 0 Å². The molecule has 1 aliphatic rings. The fourth-order valence-corrected chi connectivity index (χ4v) is 4.88. The maximum Gasteiger partial charge on any atom is 0.321 e. The summed E-state index contributed by atoms with van der Waals surface area (Å²) in [5.41, 5.74) is 0. The molecule has 0 saturated carbocycles. The molecule has 0 aromatic carbocycles. The summed E-state index contributed by atoms with van der Waals surface area (Å²) >= 11 is 1.19. The van der Waals surface area contributed by atoms with Crippen molar-refractivity contribution in [1.29, 1.82) is 0 Å². The second-order valence-corrected chi connectivity index (χ2v) is 8.23. The molecule has 1 atom stereocenters. The molecular weight excluding hydrogens is 340 g/mol. The van der Waals surface area contributed by atoms with Crippen molar-refractivity contribution in [3.05, 3.63) is 17.5 Å². The van der Waals surface area contributed by atoms with Gasteiger partial charge >= 0.3 is 6.03 Å². The number of carbonyl (C=O) groups is 2. The normalized spacial score (nSPS) is 18.3. The standard InChI is InChI=1S/C13H20N4O4S2/c1-10(12(18)15-13(19)14-2)16-5-7-17(8-6-16)23(20,21)11-4-3-9-22-11/h3-4,9-10H,5-8H2,1-2H3,(H2,14,15,18,19)/t10-/m1/s1. The lowest BCUT2D eigenvalue weighted by atomic mass is 10.2. The molecule has 2 heterocycles. The number of hydrogen-bond donors (Lipinski definition) is 2. The van der Waals surface area contributed by atoms with Gasteiger partial charge in [0.2, 0.25) is 5.91 Å². The van der Waals surface area contributed by atoms with Gasteiger partial charge in [-0.1, -0.05) is 6.07 Å². The summed E-state index contributed by atoms with van der Waals surface area (Å²) in [6.07, 6.45) is 0. The molecule has 1 fully saturated rings. The van der Waals surface area contributed by atoms with Crippen LogP contribution < -0.4 is 10.6 Å². The zero-order chi connectivity index (χ0) is 17.0. The monoisotopic (exact) mass is 360 g/mol. The average Bonchev–Trinajstić information content (AvgIpc) is 3.09. The fraction of sp³-hybridized carbons (Fsp3) is 0.538. The summed E-state index contributed by atoms with van der Waals surface area (Å²) in [6, 6.07) is 2.24. The van der Waals surface area contributed by atoms with Crippen molar-refractivity contribution < 1.29 is 18.0 Å². The first kappa shape index (κ1) is 17.9. The van der Waals surface area contributed by atoms with Crippen LogP contribution in [0.5, 0.6) is 0 Å². The minimum atomic E-state index is -3.45. The lowest BCUT2D eigenvalue weighted by molar-refractivity contribution is -0.125. The highest BCUT2D eigenvalue weighted by atomic mass is 32.2. The van der Waals surface area contributed by atoms with E-state index in [1.807, 2.05) is 4.90 Å². The minimum absolute atomic E-state index is 0.317. The summed E-state index contributed by atoms with van der Waals surface area (Å²) in [7, 11) is -2.02. The third kappa shape index (κ3) is 4.08. The first-order valence-electron chi connectivity index (χ1n) is 7.16. The number of rotatable bonds is 4. The Hall–Kier alpha value is -1.49. The number of urea groups is 1. The van der Waals surface area contributed by atoms with Crippen molar-refractivity contribution in [2.45, 2.75) is 17.2 Å². The maximum absolute atomic E-state index is 12.4. The number of thiophene rings is 1. The molecule has 1 aromatic heterocycles. The lowest BCUT2D eigenvalue weighted by Gasteiger charge is -2.36. The van der Waals surface area contributed by atoms with Gasteiger partial charge in [-0.25, -0.2) is 13.2 Å². The van der Waals surface area contributed by atoms with Crippen LogP contribution in [0.4, 0.5) is 4.79 Å². The molecule has 2 rings (SSSR count). The van der Waals surface area contributed by atoms with Crippen LogP contribution in [-0.4, -0.2) is 68.8 Å². The number of carbonyl (C=O) groups excluding carboxylic acids is 2. The van der Waals surface area contributed by atoms with Crippen LogP contribution in [-0.2, 0) is 14.8 Å². The molecule has 3 amide bonds. The predicted molar refractivity (Wildman–Crippen MR) is 86.7 cm³/mol. The number of amides is 3. The molecule has 23 heavy (non-hydrogen) atoms. The second kappa shape index (κ2) is 7.39. The van der Waals surface area contributed by atoms with E-state index in [2.05, 4.69) is 10.6 Å². The van der Waals surface area contributed by atoms with Crippen molar-refractivity contribution in [2.75, 3.05) is 33.2 Å². The molecular formula is C13H20N4O4S2. The second-order valence-electron chi connectivity index (χ2n) is 5.12. The van der Waals surface area contributed by atoms with E-state index in [0.717, 1.165) is 0 Å². The van der Waals surface area contributed by atoms with Gasteiger partial charge in [-0.15, -0.1) is 11.3 Å². The molecule has 0 aliphatic carbocycles. The van der Waals surface area contributed by atoms with Crippen molar-refractivity contribution >= 4 is 33.3 Å². The quantitative estimate of drug-likeness (QED) is 0.781. The average molecular weight is 360 g/mol. The number of nitrogens with one attached hydrogen (secondary N) is 2. The molecule has 1 saturated heterocycles. The van der Waals surface area contributed by atoms with E-state index in [-0.39, 0.29) is 0 Å². The first-order valence-corrected chi connectivity index (χ1v) is 9.48. The van der Waals surface area contributed by atoms with Crippen LogP contribution in [0.25, 0.3) is 0 Å². The molecule has 2 N–H and O–H groups in total. The Bertz CT molecular complexity index is 652. The van der Waals surface area contributed by atoms with Crippen LogP contribution in [0.1, 0.15) is 6.92 Å². The molecule has 0 bridgehead atoms. The summed E-state index contributed by atoms with van der Waals surface area (Å²) < 4.78 is 26.6. The Kier molecular flexibility index (Phi) is 5.74. The van der Waals surface area contributed by atoms with Crippen LogP contribution in [0.2, 0.25) is 0 Å². The van der Waals surface area contributed by atoms with Gasteiger partial charge < -0.3 is 5.32 Å². The number of nitrogens with zero attached hydrogens (tertiary/aromatic N) is 2. The van der Waals surface area contributed by atoms with Gasteiger partial charge in [0.05, 0.1) is 6.04 Å². The molecule has 0 spiro atoms. The van der Waals surface area contributed by atoms with E-state index in [1.165, 1.54) is 22.7 Å². The number of sulfonamides is 1. The molecule has 1 aliphatic heterocycles. The first-order chi connectivity index (χ1) is 10.9. The summed E-state index contributed by atoms with van der Waals surface area (Å²) in [5, 5.41) is 6.28. The van der Waals surface area contributed by atoms with E-state index in [1.54, 1.807) is 24.4 Å². The Balaban J connectivity index is 1.93. The van der Waals surface area contributed by atoms with Gasteiger partial charge in [0.1, 0.15) is 4.21 Å². The summed E-state index contributed by atoms with van der Waals surface area (Å²) in [6.45, 7) is 3.21. The molecule has 10 heteroatoms. The topological polar surface area (TPSA) is 98.8 Å². The highest BCUT2D eigenvalue weighted by molar-refractivity contribution is 7.91. The summed E-state index contributed by atoms with van der Waals surface area (Å²) in [4.78, 5) is 25.0. The van der Waals surface area contributed by atoms with Crippen molar-refractivity contribution in [3.63, 3.8) is 0 Å². The van der Waals surface area contributed by atoms with E-state index < -0.39 is 28.0 Å². The summed E-state index contributed by atoms with van der Waals surface area (Å²) in [5.74, 6) is -0.404. The van der Waals surface area contributed by atoms with Crippen molar-refractivity contribution in [3.8, 4) is 0 Å². The molecule has 128 valence electrons. The van der Waals surface area contributed by atoms with Gasteiger partial charge in [-0.05, 0) is 18.4 Å². The SMILES string of the molecule is CNC(=O)NC(=O)[C@@H](C)N1CCN(S(=O)(=O)c2cccs2)CC1. The fourth-order valence-electron chi connectivity index (χ4n) is 2.31. The Morgan fingerprint density at radius 3 is 2.43 bits per heavy atom. The van der Waals surface area contributed by atoms with Crippen LogP contribution in [0.15, 0.2) is 21.7 Å². The zero-order valence-electron chi connectivity index (χ0n) is 13.0. The molecule has 0 radical (unpaired) electrons. The van der Waals surface area contributed by atoms with Gasteiger partial charge in [0, 0.05) is 33.2 Å². The van der Waals surface area contributed by atoms with E-state index in [4.69, 9.17) is 0 Å². The number of hydrogen-bond acceptors (Lipinski definition) is 6. The van der Waals surface area contributed by atoms with Crippen LogP contribution >= 0.6 is 11.3 Å². The zero-order valence-corrected chi connectivity index (χ0v) is 14.6. The molecule has 0 unspecified atom stereocenters. The third-order valence-electron chi connectivity index (χ3n) is 3.75. The number of piperazine rings is 1. The van der Waals surface area contributed by atoms with E-state index in [9.17, 15) is 18.0 Å². The third-order valence-corrected chi connectivity index (χ3v) is 7.03. The molecule has 1 aromatic rings. The van der Waals surface area contributed by atoms with Crippen molar-refractivity contribution in [1.82, 2.24) is 19.8 Å². The predicted octanol–water partition coefficient (Wildman–Crippen LogP) is -0.101. The lowest BCUT2D eigenvalue weighted by Crippen LogP contribution is -2.56. The van der Waals surface area contributed by atoms with Gasteiger partial charge in [-0.3, -0.25) is 15.0 Å². The smallest absolute Gasteiger partial charge is 0.321 e. The maximum atomic E-state index is 12.4. The van der Waals surface area contributed by atoms with Crippen LogP contribution in [0, 0.1) is 0 Å². The Morgan fingerprint density at radius 1 is 1.26 bits per heavy atom.